The fraction of sp³-hybridized carbons (Fsp3) is 0.750. The molecule has 2 saturated heterocycles. The molecule has 0 spiro atoms. The largest absolute Gasteiger partial charge is 0.481 e. The highest BCUT2D eigenvalue weighted by Gasteiger charge is 2.22. The van der Waals surface area contributed by atoms with Gasteiger partial charge < -0.3 is 19.5 Å². The molecule has 2 aliphatic heterocycles. The number of piperazine rings is 1. The number of aromatic nitrogens is 2. The number of nitrogens with zero attached hydrogens (tertiary/aromatic N) is 5. The Balaban J connectivity index is 1.42. The van der Waals surface area contributed by atoms with Crippen LogP contribution >= 0.6 is 0 Å². The molecule has 8 heteroatoms. The van der Waals surface area contributed by atoms with Gasteiger partial charge in [0, 0.05) is 64.6 Å². The summed E-state index contributed by atoms with van der Waals surface area (Å²) in [5.74, 6) is 1.30. The van der Waals surface area contributed by atoms with Gasteiger partial charge >= 0.3 is 0 Å². The molecule has 0 aliphatic carbocycles. The second-order valence-corrected chi connectivity index (χ2v) is 6.25. The summed E-state index contributed by atoms with van der Waals surface area (Å²) in [6.45, 7) is 8.33. The molecule has 3 heterocycles. The van der Waals surface area contributed by atoms with Gasteiger partial charge in [-0.05, 0) is 0 Å². The molecule has 2 aliphatic rings. The predicted octanol–water partition coefficient (Wildman–Crippen LogP) is -0.700. The molecular formula is C16H27N5O3. The Hall–Kier alpha value is -1.48. The molecule has 24 heavy (non-hydrogen) atoms. The van der Waals surface area contributed by atoms with E-state index >= 15 is 0 Å². The zero-order chi connectivity index (χ0) is 16.8. The van der Waals surface area contributed by atoms with Gasteiger partial charge in [0.25, 0.3) is 0 Å². The summed E-state index contributed by atoms with van der Waals surface area (Å²) >= 11 is 0. The van der Waals surface area contributed by atoms with E-state index < -0.39 is 0 Å². The quantitative estimate of drug-likeness (QED) is 0.731. The minimum absolute atomic E-state index is 0.317. The Bertz CT molecular complexity index is 504. The molecule has 1 N–H and O–H groups in total. The average molecular weight is 337 g/mol. The van der Waals surface area contributed by atoms with Crippen LogP contribution < -0.4 is 9.64 Å². The van der Waals surface area contributed by atoms with Crippen molar-refractivity contribution < 1.29 is 14.6 Å². The molecule has 134 valence electrons. The van der Waals surface area contributed by atoms with E-state index in [0.717, 1.165) is 59.0 Å². The first-order chi connectivity index (χ1) is 11.7. The standard InChI is InChI=1S/C16H27N5O3/c1-23-15-2-3-17-16(18-15)21-6-4-19(5-7-21)12-14(22)13-20-8-10-24-11-9-20/h2-3,14,22H,4-13H2,1H3/t14-/m0/s1. The van der Waals surface area contributed by atoms with Gasteiger partial charge in [0.1, 0.15) is 0 Å². The third-order valence-corrected chi connectivity index (χ3v) is 4.52. The van der Waals surface area contributed by atoms with Crippen LogP contribution in [-0.4, -0.2) is 104 Å². The number of methoxy groups -OCH3 is 1. The number of hydrogen-bond acceptors (Lipinski definition) is 8. The number of ether oxygens (including phenoxy) is 2. The van der Waals surface area contributed by atoms with Crippen LogP contribution in [0.15, 0.2) is 12.3 Å². The first-order valence-corrected chi connectivity index (χ1v) is 8.57. The van der Waals surface area contributed by atoms with E-state index in [1.54, 1.807) is 19.4 Å². The SMILES string of the molecule is COc1ccnc(N2CCN(C[C@H](O)CN3CCOCC3)CC2)n1. The highest BCUT2D eigenvalue weighted by atomic mass is 16.5. The van der Waals surface area contributed by atoms with Crippen molar-refractivity contribution in [3.8, 4) is 5.88 Å². The average Bonchev–Trinajstić information content (AvgIpc) is 2.63. The van der Waals surface area contributed by atoms with Crippen LogP contribution in [0.2, 0.25) is 0 Å². The molecule has 1 atom stereocenters. The zero-order valence-corrected chi connectivity index (χ0v) is 14.3. The highest BCUT2D eigenvalue weighted by Crippen LogP contribution is 2.14. The Morgan fingerprint density at radius 1 is 1.12 bits per heavy atom. The van der Waals surface area contributed by atoms with Gasteiger partial charge in [0.15, 0.2) is 0 Å². The van der Waals surface area contributed by atoms with Crippen LogP contribution in [0.4, 0.5) is 5.95 Å². The number of anilines is 1. The minimum atomic E-state index is -0.317. The van der Waals surface area contributed by atoms with Crippen LogP contribution in [0, 0.1) is 0 Å². The highest BCUT2D eigenvalue weighted by molar-refractivity contribution is 5.32. The topological polar surface area (TPSA) is 74.2 Å². The van der Waals surface area contributed by atoms with E-state index in [2.05, 4.69) is 24.7 Å². The predicted molar refractivity (Wildman–Crippen MR) is 90.5 cm³/mol. The number of β-amino-alcohol motifs (C(OH)–C–C–N with tert-alkyl or cyclic N) is 1. The summed E-state index contributed by atoms with van der Waals surface area (Å²) < 4.78 is 10.5. The first-order valence-electron chi connectivity index (χ1n) is 8.57. The molecule has 1 aromatic heterocycles. The van der Waals surface area contributed by atoms with Crippen LogP contribution in [0.1, 0.15) is 0 Å². The third kappa shape index (κ3) is 4.76. The maximum absolute atomic E-state index is 10.3. The maximum atomic E-state index is 10.3. The molecule has 0 aromatic carbocycles. The summed E-state index contributed by atoms with van der Waals surface area (Å²) in [6, 6.07) is 1.75. The van der Waals surface area contributed by atoms with Crippen LogP contribution in [0.3, 0.4) is 0 Å². The van der Waals surface area contributed by atoms with Gasteiger partial charge in [-0.25, -0.2) is 4.98 Å². The molecule has 0 bridgehead atoms. The van der Waals surface area contributed by atoms with Crippen molar-refractivity contribution in [2.24, 2.45) is 0 Å². The monoisotopic (exact) mass is 337 g/mol. The van der Waals surface area contributed by atoms with Crippen LogP contribution in [0.5, 0.6) is 5.88 Å². The smallest absolute Gasteiger partial charge is 0.228 e. The fourth-order valence-electron chi connectivity index (χ4n) is 3.17. The van der Waals surface area contributed by atoms with Gasteiger partial charge in [-0.15, -0.1) is 0 Å². The van der Waals surface area contributed by atoms with Crippen molar-refractivity contribution in [3.05, 3.63) is 12.3 Å². The van der Waals surface area contributed by atoms with E-state index in [-0.39, 0.29) is 6.10 Å². The lowest BCUT2D eigenvalue weighted by Crippen LogP contribution is -2.51. The van der Waals surface area contributed by atoms with E-state index in [0.29, 0.717) is 18.4 Å². The van der Waals surface area contributed by atoms with Gasteiger partial charge in [-0.3, -0.25) is 9.80 Å². The normalized spacial score (nSPS) is 21.7. The van der Waals surface area contributed by atoms with E-state index in [9.17, 15) is 5.11 Å². The summed E-state index contributed by atoms with van der Waals surface area (Å²) in [6.07, 6.45) is 1.40. The molecule has 0 unspecified atom stereocenters. The number of morpholine rings is 1. The van der Waals surface area contributed by atoms with E-state index in [4.69, 9.17) is 9.47 Å². The number of aliphatic hydroxyl groups is 1. The van der Waals surface area contributed by atoms with E-state index in [1.165, 1.54) is 0 Å². The maximum Gasteiger partial charge on any atom is 0.228 e. The van der Waals surface area contributed by atoms with E-state index in [1.807, 2.05) is 0 Å². The van der Waals surface area contributed by atoms with Crippen molar-refractivity contribution in [1.82, 2.24) is 19.8 Å². The van der Waals surface area contributed by atoms with Crippen molar-refractivity contribution in [2.75, 3.05) is 77.6 Å². The number of rotatable bonds is 6. The summed E-state index contributed by atoms with van der Waals surface area (Å²) in [7, 11) is 1.61. The van der Waals surface area contributed by atoms with Crippen molar-refractivity contribution in [3.63, 3.8) is 0 Å². The molecule has 0 saturated carbocycles. The summed E-state index contributed by atoms with van der Waals surface area (Å²) in [4.78, 5) is 15.4. The molecule has 0 radical (unpaired) electrons. The van der Waals surface area contributed by atoms with Crippen LogP contribution in [-0.2, 0) is 4.74 Å². The van der Waals surface area contributed by atoms with Gasteiger partial charge in [0.2, 0.25) is 11.8 Å². The first kappa shape index (κ1) is 17.3. The lowest BCUT2D eigenvalue weighted by molar-refractivity contribution is 0.00654. The third-order valence-electron chi connectivity index (χ3n) is 4.52. The van der Waals surface area contributed by atoms with Crippen molar-refractivity contribution >= 4 is 5.95 Å². The minimum Gasteiger partial charge on any atom is -0.481 e. The van der Waals surface area contributed by atoms with Gasteiger partial charge in [-0.1, -0.05) is 0 Å². The second-order valence-electron chi connectivity index (χ2n) is 6.25. The lowest BCUT2D eigenvalue weighted by atomic mass is 10.2. The summed E-state index contributed by atoms with van der Waals surface area (Å²) in [5, 5.41) is 10.3. The Morgan fingerprint density at radius 3 is 2.46 bits per heavy atom. The molecule has 1 aromatic rings. The molecule has 8 nitrogen and oxygen atoms in total. The molecule has 0 amide bonds. The molecule has 2 fully saturated rings. The second kappa shape index (κ2) is 8.57. The Labute approximate surface area is 143 Å². The fourth-order valence-corrected chi connectivity index (χ4v) is 3.17. The Morgan fingerprint density at radius 2 is 1.79 bits per heavy atom. The summed E-state index contributed by atoms with van der Waals surface area (Å²) in [5.41, 5.74) is 0. The van der Waals surface area contributed by atoms with Crippen molar-refractivity contribution in [1.29, 1.82) is 0 Å². The van der Waals surface area contributed by atoms with Gasteiger partial charge in [0.05, 0.1) is 26.4 Å². The van der Waals surface area contributed by atoms with Crippen molar-refractivity contribution in [2.45, 2.75) is 6.10 Å². The molecular weight excluding hydrogens is 310 g/mol. The number of aliphatic hydroxyl groups excluding tert-OH is 1. The lowest BCUT2D eigenvalue weighted by Gasteiger charge is -2.36. The van der Waals surface area contributed by atoms with Crippen LogP contribution in [0.25, 0.3) is 0 Å². The number of hydrogen-bond donors (Lipinski definition) is 1. The Kier molecular flexibility index (Phi) is 6.19. The van der Waals surface area contributed by atoms with Gasteiger partial charge in [-0.2, -0.15) is 4.98 Å². The zero-order valence-electron chi connectivity index (χ0n) is 14.3. The molecule has 3 rings (SSSR count).